The van der Waals surface area contributed by atoms with E-state index >= 15 is 0 Å². The molecular formula is C24H21BrN6O4. The van der Waals surface area contributed by atoms with Crippen LogP contribution in [0.15, 0.2) is 68.3 Å². The van der Waals surface area contributed by atoms with E-state index in [-0.39, 0.29) is 23.8 Å². The van der Waals surface area contributed by atoms with Crippen molar-refractivity contribution in [3.8, 4) is 17.7 Å². The molecule has 35 heavy (non-hydrogen) atoms. The largest absolute Gasteiger partial charge is 0.507 e. The molecule has 0 atom stereocenters. The first-order valence-corrected chi connectivity index (χ1v) is 11.0. The topological polar surface area (TPSA) is 142 Å². The molecule has 0 saturated heterocycles. The number of nitrogens with one attached hydrogen (secondary N) is 1. The number of aryl methyl sites for hydroxylation is 1. The van der Waals surface area contributed by atoms with Gasteiger partial charge in [-0.1, -0.05) is 15.9 Å². The molecule has 1 amide bonds. The van der Waals surface area contributed by atoms with Crippen molar-refractivity contribution < 1.29 is 19.4 Å². The molecule has 0 bridgehead atoms. The highest BCUT2D eigenvalue weighted by Gasteiger charge is 2.14. The number of nitrogens with zero attached hydrogens (tertiary/aromatic N) is 5. The van der Waals surface area contributed by atoms with E-state index in [1.54, 1.807) is 37.3 Å². The molecule has 2 aromatic carbocycles. The van der Waals surface area contributed by atoms with Gasteiger partial charge in [0.05, 0.1) is 24.2 Å². The lowest BCUT2D eigenvalue weighted by Gasteiger charge is -2.10. The van der Waals surface area contributed by atoms with Crippen LogP contribution < -0.4 is 10.2 Å². The summed E-state index contributed by atoms with van der Waals surface area (Å²) in [4.78, 5) is 16.3. The number of azo groups is 1. The van der Waals surface area contributed by atoms with Gasteiger partial charge in [-0.2, -0.15) is 20.6 Å². The fourth-order valence-electron chi connectivity index (χ4n) is 2.87. The second-order valence-corrected chi connectivity index (χ2v) is 8.06. The zero-order chi connectivity index (χ0) is 25.2. The molecule has 178 valence electrons. The number of carbonyl (C=O) groups excluding carboxylic acids is 1. The number of benzene rings is 2. The first-order chi connectivity index (χ1) is 16.9. The number of amides is 1. The van der Waals surface area contributed by atoms with Gasteiger partial charge in [-0.05, 0) is 55.5 Å². The monoisotopic (exact) mass is 536 g/mol. The average molecular weight is 537 g/mol. The summed E-state index contributed by atoms with van der Waals surface area (Å²) in [6.07, 6.45) is 1.27. The van der Waals surface area contributed by atoms with Crippen molar-refractivity contribution in [3.05, 3.63) is 75.4 Å². The van der Waals surface area contributed by atoms with Crippen molar-refractivity contribution in [2.75, 3.05) is 13.7 Å². The van der Waals surface area contributed by atoms with Crippen LogP contribution in [0.3, 0.4) is 0 Å². The van der Waals surface area contributed by atoms with Crippen LogP contribution in [0.1, 0.15) is 22.4 Å². The van der Waals surface area contributed by atoms with Gasteiger partial charge in [-0.3, -0.25) is 4.79 Å². The number of ether oxygens (including phenoxy) is 2. The van der Waals surface area contributed by atoms with Crippen LogP contribution in [0.5, 0.6) is 11.6 Å². The van der Waals surface area contributed by atoms with Gasteiger partial charge >= 0.3 is 0 Å². The zero-order valence-corrected chi connectivity index (χ0v) is 20.5. The highest BCUT2D eigenvalue weighted by Crippen LogP contribution is 2.25. The molecule has 0 aliphatic rings. The molecule has 0 unspecified atom stereocenters. The van der Waals surface area contributed by atoms with Crippen molar-refractivity contribution in [2.45, 2.75) is 13.5 Å². The third-order valence-electron chi connectivity index (χ3n) is 4.46. The molecule has 0 radical (unpaired) electrons. The van der Waals surface area contributed by atoms with Crippen LogP contribution in [0.4, 0.5) is 11.4 Å². The van der Waals surface area contributed by atoms with Gasteiger partial charge in [0, 0.05) is 28.4 Å². The summed E-state index contributed by atoms with van der Waals surface area (Å²) in [6, 6.07) is 15.7. The smallest absolute Gasteiger partial charge is 0.278 e. The van der Waals surface area contributed by atoms with E-state index in [1.807, 2.05) is 18.2 Å². The maximum absolute atomic E-state index is 12.2. The number of nitriles is 1. The number of halogens is 1. The number of hydrogen-bond donors (Lipinski definition) is 2. The molecule has 0 fully saturated rings. The maximum atomic E-state index is 12.2. The highest BCUT2D eigenvalue weighted by molar-refractivity contribution is 9.10. The van der Waals surface area contributed by atoms with Crippen LogP contribution >= 0.6 is 15.9 Å². The van der Waals surface area contributed by atoms with E-state index in [9.17, 15) is 15.2 Å². The minimum absolute atomic E-state index is 0.0418. The van der Waals surface area contributed by atoms with E-state index in [2.05, 4.69) is 41.7 Å². The Morgan fingerprint density at radius 1 is 1.20 bits per heavy atom. The Balaban J connectivity index is 1.61. The van der Waals surface area contributed by atoms with E-state index in [0.29, 0.717) is 28.2 Å². The lowest BCUT2D eigenvalue weighted by molar-refractivity contribution is -0.123. The Labute approximate surface area is 210 Å². The standard InChI is InChI=1S/C24H21BrN6O4/c1-15-9-17(13-34-2)21(11-26)24(28-15)35-14-23(33)31-27-12-16-10-20(7-8-22(16)32)30-29-19-5-3-18(25)4-6-19/h3-10,12,32H,13-14H2,1-2H3,(H,31,33)/b27-12-,30-29?. The van der Waals surface area contributed by atoms with E-state index in [1.165, 1.54) is 19.4 Å². The Hall–Kier alpha value is -4.14. The number of hydrogen-bond acceptors (Lipinski definition) is 9. The van der Waals surface area contributed by atoms with Gasteiger partial charge in [0.25, 0.3) is 5.91 Å². The molecule has 0 saturated carbocycles. The van der Waals surface area contributed by atoms with Crippen LogP contribution in [0.2, 0.25) is 0 Å². The molecular weight excluding hydrogens is 516 g/mol. The minimum Gasteiger partial charge on any atom is -0.507 e. The van der Waals surface area contributed by atoms with Crippen molar-refractivity contribution >= 4 is 39.4 Å². The lowest BCUT2D eigenvalue weighted by Crippen LogP contribution is -2.25. The molecule has 3 rings (SSSR count). The van der Waals surface area contributed by atoms with Crippen molar-refractivity contribution in [3.63, 3.8) is 0 Å². The summed E-state index contributed by atoms with van der Waals surface area (Å²) in [5.41, 5.74) is 5.23. The van der Waals surface area contributed by atoms with E-state index < -0.39 is 12.5 Å². The molecule has 0 aliphatic heterocycles. The summed E-state index contributed by atoms with van der Waals surface area (Å²) in [5.74, 6) is -0.581. The maximum Gasteiger partial charge on any atom is 0.278 e. The SMILES string of the molecule is COCc1cc(C)nc(OCC(=O)N/N=C\c2cc(N=Nc3ccc(Br)cc3)ccc2O)c1C#N. The first kappa shape index (κ1) is 25.5. The number of hydrazone groups is 1. The number of aromatic hydroxyl groups is 1. The Bertz CT molecular complexity index is 1300. The van der Waals surface area contributed by atoms with Crippen LogP contribution in [-0.4, -0.2) is 35.9 Å². The highest BCUT2D eigenvalue weighted by atomic mass is 79.9. The number of rotatable bonds is 9. The lowest BCUT2D eigenvalue weighted by atomic mass is 10.1. The second-order valence-electron chi connectivity index (χ2n) is 7.15. The number of phenols is 1. The minimum atomic E-state index is -0.577. The fraction of sp³-hybridized carbons (Fsp3) is 0.167. The average Bonchev–Trinajstić information content (AvgIpc) is 2.84. The summed E-state index contributed by atoms with van der Waals surface area (Å²) in [7, 11) is 1.52. The van der Waals surface area contributed by atoms with Gasteiger partial charge in [0.2, 0.25) is 5.88 Å². The number of carbonyl (C=O) groups is 1. The number of aromatic nitrogens is 1. The van der Waals surface area contributed by atoms with Crippen molar-refractivity contribution in [1.82, 2.24) is 10.4 Å². The Kier molecular flexibility index (Phi) is 9.00. The molecule has 2 N–H and O–H groups in total. The Morgan fingerprint density at radius 3 is 2.63 bits per heavy atom. The fourth-order valence-corrected chi connectivity index (χ4v) is 3.14. The molecule has 3 aromatic rings. The van der Waals surface area contributed by atoms with Crippen LogP contribution in [-0.2, 0) is 16.1 Å². The second kappa shape index (κ2) is 12.4. The summed E-state index contributed by atoms with van der Waals surface area (Å²) < 4.78 is 11.5. The van der Waals surface area contributed by atoms with Crippen molar-refractivity contribution in [2.24, 2.45) is 15.3 Å². The molecule has 0 aliphatic carbocycles. The predicted octanol–water partition coefficient (Wildman–Crippen LogP) is 4.82. The van der Waals surface area contributed by atoms with Gasteiger partial charge in [0.1, 0.15) is 17.4 Å². The molecule has 0 spiro atoms. The Morgan fingerprint density at radius 2 is 1.91 bits per heavy atom. The first-order valence-electron chi connectivity index (χ1n) is 10.2. The third kappa shape index (κ3) is 7.43. The molecule has 10 nitrogen and oxygen atoms in total. The molecule has 1 heterocycles. The molecule has 11 heteroatoms. The summed E-state index contributed by atoms with van der Waals surface area (Å²) >= 11 is 3.36. The van der Waals surface area contributed by atoms with Crippen LogP contribution in [0, 0.1) is 18.3 Å². The quantitative estimate of drug-likeness (QED) is 0.228. The van der Waals surface area contributed by atoms with E-state index in [4.69, 9.17) is 9.47 Å². The number of methoxy groups -OCH3 is 1. The number of pyridine rings is 1. The predicted molar refractivity (Wildman–Crippen MR) is 132 cm³/mol. The summed E-state index contributed by atoms with van der Waals surface area (Å²) in [5, 5.41) is 31.6. The normalized spacial score (nSPS) is 11.0. The van der Waals surface area contributed by atoms with Gasteiger partial charge < -0.3 is 14.6 Å². The van der Waals surface area contributed by atoms with Crippen molar-refractivity contribution in [1.29, 1.82) is 5.26 Å². The van der Waals surface area contributed by atoms with Gasteiger partial charge in [0.15, 0.2) is 6.61 Å². The van der Waals surface area contributed by atoms with E-state index in [0.717, 1.165) is 4.47 Å². The molecule has 1 aromatic heterocycles. The zero-order valence-electron chi connectivity index (χ0n) is 18.9. The number of phenolic OH excluding ortho intramolecular Hbond substituents is 1. The van der Waals surface area contributed by atoms with Crippen LogP contribution in [0.25, 0.3) is 0 Å². The van der Waals surface area contributed by atoms with Gasteiger partial charge in [-0.15, -0.1) is 0 Å². The summed E-state index contributed by atoms with van der Waals surface area (Å²) in [6.45, 7) is 1.54. The third-order valence-corrected chi connectivity index (χ3v) is 4.99. The van der Waals surface area contributed by atoms with Gasteiger partial charge in [-0.25, -0.2) is 10.4 Å².